The van der Waals surface area contributed by atoms with Gasteiger partial charge in [0, 0.05) is 18.2 Å². The molecular weight excluding hydrogens is 226 g/mol. The van der Waals surface area contributed by atoms with E-state index in [4.69, 9.17) is 10.5 Å². The smallest absolute Gasteiger partial charge is 0.215 e. The normalized spacial score (nSPS) is 24.3. The van der Waals surface area contributed by atoms with Gasteiger partial charge in [-0.15, -0.1) is 0 Å². The zero-order valence-corrected chi connectivity index (χ0v) is 11.1. The number of nitrogens with two attached hydrogens (primary N) is 1. The van der Waals surface area contributed by atoms with Crippen molar-refractivity contribution >= 4 is 5.82 Å². The van der Waals surface area contributed by atoms with E-state index < -0.39 is 0 Å². The van der Waals surface area contributed by atoms with Crippen LogP contribution in [0.25, 0.3) is 0 Å². The minimum absolute atomic E-state index is 0.227. The Bertz CT molecular complexity index is 370. The molecule has 18 heavy (non-hydrogen) atoms. The monoisotopic (exact) mass is 249 g/mol. The van der Waals surface area contributed by atoms with Gasteiger partial charge in [-0.05, 0) is 25.8 Å². The molecule has 1 aromatic rings. The quantitative estimate of drug-likeness (QED) is 0.805. The molecule has 1 aliphatic rings. The van der Waals surface area contributed by atoms with Crippen molar-refractivity contribution in [2.24, 2.45) is 5.73 Å². The van der Waals surface area contributed by atoms with E-state index in [0.29, 0.717) is 18.5 Å². The fourth-order valence-electron chi connectivity index (χ4n) is 2.43. The molecule has 0 radical (unpaired) electrons. The zero-order chi connectivity index (χ0) is 12.8. The predicted molar refractivity (Wildman–Crippen MR) is 73.9 cm³/mol. The molecule has 1 fully saturated rings. The summed E-state index contributed by atoms with van der Waals surface area (Å²) in [6, 6.07) is 6.37. The van der Waals surface area contributed by atoms with Gasteiger partial charge in [0.25, 0.3) is 0 Å². The van der Waals surface area contributed by atoms with Gasteiger partial charge in [-0.1, -0.05) is 25.3 Å². The lowest BCUT2D eigenvalue weighted by Gasteiger charge is -2.23. The minimum Gasteiger partial charge on any atom is -0.478 e. The summed E-state index contributed by atoms with van der Waals surface area (Å²) in [5, 5.41) is 3.45. The van der Waals surface area contributed by atoms with Crippen molar-refractivity contribution in [2.45, 2.75) is 51.1 Å². The van der Waals surface area contributed by atoms with Crippen molar-refractivity contribution in [3.05, 3.63) is 18.2 Å². The molecule has 0 aliphatic heterocycles. The van der Waals surface area contributed by atoms with E-state index in [-0.39, 0.29) is 6.04 Å². The number of pyridine rings is 1. The highest BCUT2D eigenvalue weighted by Gasteiger charge is 2.20. The Morgan fingerprint density at radius 3 is 3.00 bits per heavy atom. The van der Waals surface area contributed by atoms with Gasteiger partial charge in [0.1, 0.15) is 5.82 Å². The second-order valence-corrected chi connectivity index (χ2v) is 4.85. The van der Waals surface area contributed by atoms with Crippen molar-refractivity contribution in [3.8, 4) is 5.88 Å². The van der Waals surface area contributed by atoms with Gasteiger partial charge >= 0.3 is 0 Å². The average Bonchev–Trinajstić information content (AvgIpc) is 2.56. The number of aromatic nitrogens is 1. The van der Waals surface area contributed by atoms with Gasteiger partial charge in [0.15, 0.2) is 0 Å². The van der Waals surface area contributed by atoms with E-state index in [0.717, 1.165) is 18.7 Å². The SMILES string of the molecule is CCOc1cccc(NC2CCCCCC2N)n1. The summed E-state index contributed by atoms with van der Waals surface area (Å²) in [7, 11) is 0. The molecule has 0 amide bonds. The lowest BCUT2D eigenvalue weighted by Crippen LogP contribution is -2.39. The largest absolute Gasteiger partial charge is 0.478 e. The number of nitrogens with one attached hydrogen (secondary N) is 1. The van der Waals surface area contributed by atoms with Crippen molar-refractivity contribution in [1.29, 1.82) is 0 Å². The van der Waals surface area contributed by atoms with Crippen molar-refractivity contribution in [3.63, 3.8) is 0 Å². The van der Waals surface area contributed by atoms with E-state index in [1.54, 1.807) is 0 Å². The number of nitrogens with zero attached hydrogens (tertiary/aromatic N) is 1. The van der Waals surface area contributed by atoms with Crippen LogP contribution in [0.5, 0.6) is 5.88 Å². The van der Waals surface area contributed by atoms with E-state index in [1.165, 1.54) is 19.3 Å². The molecule has 100 valence electrons. The van der Waals surface area contributed by atoms with Gasteiger partial charge in [-0.2, -0.15) is 4.98 Å². The number of ether oxygens (including phenoxy) is 1. The third kappa shape index (κ3) is 3.60. The fourth-order valence-corrected chi connectivity index (χ4v) is 2.43. The number of hydrogen-bond donors (Lipinski definition) is 2. The van der Waals surface area contributed by atoms with Crippen LogP contribution in [-0.2, 0) is 0 Å². The molecule has 2 unspecified atom stereocenters. The predicted octanol–water partition coefficient (Wildman–Crippen LogP) is 2.55. The first kappa shape index (κ1) is 13.1. The molecule has 1 saturated carbocycles. The van der Waals surface area contributed by atoms with Crippen LogP contribution in [-0.4, -0.2) is 23.7 Å². The molecule has 0 saturated heterocycles. The summed E-state index contributed by atoms with van der Waals surface area (Å²) in [6.07, 6.45) is 6.01. The minimum atomic E-state index is 0.227. The Kier molecular flexibility index (Phi) is 4.81. The summed E-state index contributed by atoms with van der Waals surface area (Å²) in [5.41, 5.74) is 6.20. The van der Waals surface area contributed by atoms with Crippen LogP contribution in [0.4, 0.5) is 5.82 Å². The average molecular weight is 249 g/mol. The molecular formula is C14H23N3O. The molecule has 1 aromatic heterocycles. The molecule has 2 rings (SSSR count). The second kappa shape index (κ2) is 6.59. The molecule has 2 atom stereocenters. The maximum Gasteiger partial charge on any atom is 0.215 e. The molecule has 1 heterocycles. The summed E-state index contributed by atoms with van der Waals surface area (Å²) < 4.78 is 5.40. The number of rotatable bonds is 4. The Morgan fingerprint density at radius 1 is 1.33 bits per heavy atom. The lowest BCUT2D eigenvalue weighted by molar-refractivity contribution is 0.327. The first-order valence-electron chi connectivity index (χ1n) is 6.91. The van der Waals surface area contributed by atoms with Crippen molar-refractivity contribution in [1.82, 2.24) is 4.98 Å². The zero-order valence-electron chi connectivity index (χ0n) is 11.1. The van der Waals surface area contributed by atoms with Crippen molar-refractivity contribution < 1.29 is 4.74 Å². The van der Waals surface area contributed by atoms with Gasteiger partial charge < -0.3 is 15.8 Å². The topological polar surface area (TPSA) is 60.2 Å². The maximum absolute atomic E-state index is 6.20. The van der Waals surface area contributed by atoms with Crippen LogP contribution < -0.4 is 15.8 Å². The Labute approximate surface area is 109 Å². The maximum atomic E-state index is 6.20. The Hall–Kier alpha value is -1.29. The summed E-state index contributed by atoms with van der Waals surface area (Å²) in [4.78, 5) is 4.43. The van der Waals surface area contributed by atoms with Gasteiger partial charge in [-0.25, -0.2) is 0 Å². The van der Waals surface area contributed by atoms with Crippen LogP contribution in [0.15, 0.2) is 18.2 Å². The lowest BCUT2D eigenvalue weighted by atomic mass is 10.0. The van der Waals surface area contributed by atoms with Crippen LogP contribution >= 0.6 is 0 Å². The number of hydrogen-bond acceptors (Lipinski definition) is 4. The third-order valence-electron chi connectivity index (χ3n) is 3.42. The Balaban J connectivity index is 2.00. The van der Waals surface area contributed by atoms with E-state index in [9.17, 15) is 0 Å². The molecule has 0 spiro atoms. The molecule has 4 heteroatoms. The molecule has 0 aromatic carbocycles. The van der Waals surface area contributed by atoms with Crippen LogP contribution in [0.3, 0.4) is 0 Å². The summed E-state index contributed by atoms with van der Waals surface area (Å²) >= 11 is 0. The standard InChI is InChI=1S/C14H23N3O/c1-2-18-14-10-6-9-13(17-14)16-12-8-5-3-4-7-11(12)15/h6,9-12H,2-5,7-8,15H2,1H3,(H,16,17). The molecule has 4 nitrogen and oxygen atoms in total. The summed E-state index contributed by atoms with van der Waals surface area (Å²) in [6.45, 7) is 2.60. The number of anilines is 1. The third-order valence-corrected chi connectivity index (χ3v) is 3.42. The highest BCUT2D eigenvalue weighted by atomic mass is 16.5. The molecule has 3 N–H and O–H groups in total. The Morgan fingerprint density at radius 2 is 2.17 bits per heavy atom. The molecule has 0 bridgehead atoms. The van der Waals surface area contributed by atoms with Crippen LogP contribution in [0.2, 0.25) is 0 Å². The van der Waals surface area contributed by atoms with E-state index in [1.807, 2.05) is 25.1 Å². The van der Waals surface area contributed by atoms with E-state index >= 15 is 0 Å². The van der Waals surface area contributed by atoms with Crippen molar-refractivity contribution in [2.75, 3.05) is 11.9 Å². The highest BCUT2D eigenvalue weighted by molar-refractivity contribution is 5.38. The summed E-state index contributed by atoms with van der Waals surface area (Å²) in [5.74, 6) is 1.54. The van der Waals surface area contributed by atoms with Gasteiger partial charge in [0.2, 0.25) is 5.88 Å². The van der Waals surface area contributed by atoms with Gasteiger partial charge in [0.05, 0.1) is 6.61 Å². The van der Waals surface area contributed by atoms with E-state index in [2.05, 4.69) is 10.3 Å². The fraction of sp³-hybridized carbons (Fsp3) is 0.643. The van der Waals surface area contributed by atoms with Crippen LogP contribution in [0, 0.1) is 0 Å². The second-order valence-electron chi connectivity index (χ2n) is 4.85. The van der Waals surface area contributed by atoms with Crippen LogP contribution in [0.1, 0.15) is 39.0 Å². The first-order valence-corrected chi connectivity index (χ1v) is 6.91. The first-order chi connectivity index (χ1) is 8.79. The molecule has 1 aliphatic carbocycles. The van der Waals surface area contributed by atoms with Gasteiger partial charge in [-0.3, -0.25) is 0 Å². The highest BCUT2D eigenvalue weighted by Crippen LogP contribution is 2.20.